The number of nitrogens with zero attached hydrogens (tertiary/aromatic N) is 4. The summed E-state index contributed by atoms with van der Waals surface area (Å²) in [5.41, 5.74) is 5.45. The predicted molar refractivity (Wildman–Crippen MR) is 134 cm³/mol. The Kier molecular flexibility index (Phi) is 6.86. The van der Waals surface area contributed by atoms with E-state index in [1.807, 2.05) is 29.4 Å². The van der Waals surface area contributed by atoms with Gasteiger partial charge in [-0.2, -0.15) is 16.9 Å². The number of anilines is 1. The van der Waals surface area contributed by atoms with Crippen molar-refractivity contribution in [3.8, 4) is 0 Å². The molecule has 0 saturated carbocycles. The molecule has 1 aliphatic rings. The summed E-state index contributed by atoms with van der Waals surface area (Å²) in [5, 5.41) is 8.48. The number of carbonyl (C=O) groups excluding carboxylic acids is 1. The number of thioether (sulfide) groups is 1. The molecule has 3 aromatic rings. The van der Waals surface area contributed by atoms with Crippen molar-refractivity contribution in [2.24, 2.45) is 0 Å². The zero-order chi connectivity index (χ0) is 22.8. The van der Waals surface area contributed by atoms with Gasteiger partial charge in [0.1, 0.15) is 0 Å². The van der Waals surface area contributed by atoms with E-state index in [-0.39, 0.29) is 17.9 Å². The largest absolute Gasteiger partial charge is 0.322 e. The van der Waals surface area contributed by atoms with Gasteiger partial charge in [-0.15, -0.1) is 0 Å². The lowest BCUT2D eigenvalue weighted by Crippen LogP contribution is -2.32. The van der Waals surface area contributed by atoms with Gasteiger partial charge in [-0.25, -0.2) is 9.67 Å². The molecule has 32 heavy (non-hydrogen) atoms. The highest BCUT2D eigenvalue weighted by Crippen LogP contribution is 2.26. The van der Waals surface area contributed by atoms with E-state index in [0.717, 1.165) is 47.6 Å². The predicted octanol–water partition coefficient (Wildman–Crippen LogP) is 5.25. The molecule has 3 heterocycles. The Hall–Kier alpha value is -2.38. The fourth-order valence-corrected chi connectivity index (χ4v) is 4.99. The van der Waals surface area contributed by atoms with Gasteiger partial charge in [-0.05, 0) is 49.9 Å². The fraction of sp³-hybridized carbons (Fsp3) is 0.480. The number of amides is 1. The van der Waals surface area contributed by atoms with Gasteiger partial charge in [0.2, 0.25) is 0 Å². The number of rotatable bonds is 6. The Morgan fingerprint density at radius 2 is 1.91 bits per heavy atom. The Morgan fingerprint density at radius 3 is 2.59 bits per heavy atom. The second kappa shape index (κ2) is 9.63. The standard InChI is InChI=1S/C25H33N5OS/c1-16(2)22-13-20(21-14-26-30(17(3)4)24(21)27-22)25(31)28-23-12-19(7-6-18(23)5)15-29-8-10-32-11-9-29/h6-7,12-14,16-17H,8-11,15H2,1-5H3,(H,28,31). The smallest absolute Gasteiger partial charge is 0.256 e. The van der Waals surface area contributed by atoms with Crippen molar-refractivity contribution in [1.82, 2.24) is 19.7 Å². The number of aryl methyl sites for hydroxylation is 1. The minimum absolute atomic E-state index is 0.114. The van der Waals surface area contributed by atoms with Crippen LogP contribution in [-0.2, 0) is 6.54 Å². The molecule has 6 nitrogen and oxygen atoms in total. The molecule has 1 aliphatic heterocycles. The molecule has 1 fully saturated rings. The third kappa shape index (κ3) is 4.84. The van der Waals surface area contributed by atoms with Crippen molar-refractivity contribution in [2.75, 3.05) is 29.9 Å². The van der Waals surface area contributed by atoms with E-state index < -0.39 is 0 Å². The normalized spacial score (nSPS) is 15.1. The van der Waals surface area contributed by atoms with E-state index in [1.165, 1.54) is 17.1 Å². The third-order valence-electron chi connectivity index (χ3n) is 5.97. The molecule has 7 heteroatoms. The number of nitrogens with one attached hydrogen (secondary N) is 1. The molecule has 0 atom stereocenters. The number of carbonyl (C=O) groups is 1. The van der Waals surface area contributed by atoms with Crippen LogP contribution in [0.25, 0.3) is 11.0 Å². The van der Waals surface area contributed by atoms with Crippen LogP contribution < -0.4 is 5.32 Å². The Balaban J connectivity index is 1.64. The molecular weight excluding hydrogens is 418 g/mol. The first-order chi connectivity index (χ1) is 15.3. The lowest BCUT2D eigenvalue weighted by molar-refractivity contribution is 0.102. The molecule has 0 spiro atoms. The first-order valence-corrected chi connectivity index (χ1v) is 12.6. The fourth-order valence-electron chi connectivity index (χ4n) is 4.01. The van der Waals surface area contributed by atoms with Crippen molar-refractivity contribution in [2.45, 2.75) is 53.1 Å². The van der Waals surface area contributed by atoms with Crippen LogP contribution in [0.5, 0.6) is 0 Å². The summed E-state index contributed by atoms with van der Waals surface area (Å²) in [5.74, 6) is 2.48. The van der Waals surface area contributed by atoms with E-state index in [1.54, 1.807) is 6.20 Å². The second-order valence-electron chi connectivity index (χ2n) is 9.16. The monoisotopic (exact) mass is 451 g/mol. The van der Waals surface area contributed by atoms with Gasteiger partial charge in [0.25, 0.3) is 5.91 Å². The van der Waals surface area contributed by atoms with Gasteiger partial charge in [0, 0.05) is 48.6 Å². The molecule has 0 bridgehead atoms. The van der Waals surface area contributed by atoms with Crippen molar-refractivity contribution in [1.29, 1.82) is 0 Å². The molecule has 0 aliphatic carbocycles. The van der Waals surface area contributed by atoms with Crippen LogP contribution in [0.2, 0.25) is 0 Å². The Morgan fingerprint density at radius 1 is 1.16 bits per heavy atom. The number of hydrogen-bond acceptors (Lipinski definition) is 5. The Labute approximate surface area is 194 Å². The average molecular weight is 452 g/mol. The molecule has 0 unspecified atom stereocenters. The lowest BCUT2D eigenvalue weighted by atomic mass is 10.0. The van der Waals surface area contributed by atoms with E-state index in [9.17, 15) is 4.79 Å². The highest BCUT2D eigenvalue weighted by molar-refractivity contribution is 7.99. The van der Waals surface area contributed by atoms with Gasteiger partial charge in [-0.1, -0.05) is 26.0 Å². The topological polar surface area (TPSA) is 63.1 Å². The van der Waals surface area contributed by atoms with Gasteiger partial charge in [0.15, 0.2) is 5.65 Å². The summed E-state index contributed by atoms with van der Waals surface area (Å²) in [6.45, 7) is 13.5. The van der Waals surface area contributed by atoms with Crippen LogP contribution in [0.4, 0.5) is 5.69 Å². The molecule has 1 amide bonds. The second-order valence-corrected chi connectivity index (χ2v) is 10.4. The van der Waals surface area contributed by atoms with Crippen molar-refractivity contribution < 1.29 is 4.79 Å². The summed E-state index contributed by atoms with van der Waals surface area (Å²) in [4.78, 5) is 20.7. The zero-order valence-corrected chi connectivity index (χ0v) is 20.5. The maximum absolute atomic E-state index is 13.4. The van der Waals surface area contributed by atoms with Crippen LogP contribution in [-0.4, -0.2) is 50.2 Å². The minimum Gasteiger partial charge on any atom is -0.322 e. The van der Waals surface area contributed by atoms with Crippen LogP contribution in [0.1, 0.15) is 66.8 Å². The minimum atomic E-state index is -0.114. The number of pyridine rings is 1. The molecule has 2 aromatic heterocycles. The highest BCUT2D eigenvalue weighted by Gasteiger charge is 2.20. The lowest BCUT2D eigenvalue weighted by Gasteiger charge is -2.26. The van der Waals surface area contributed by atoms with Crippen molar-refractivity contribution >= 4 is 34.4 Å². The number of hydrogen-bond donors (Lipinski definition) is 1. The summed E-state index contributed by atoms with van der Waals surface area (Å²) >= 11 is 2.02. The number of benzene rings is 1. The molecule has 170 valence electrons. The van der Waals surface area contributed by atoms with Crippen molar-refractivity contribution in [3.05, 3.63) is 52.8 Å². The molecule has 1 saturated heterocycles. The van der Waals surface area contributed by atoms with E-state index >= 15 is 0 Å². The highest BCUT2D eigenvalue weighted by atomic mass is 32.2. The quantitative estimate of drug-likeness (QED) is 0.555. The number of aromatic nitrogens is 3. The third-order valence-corrected chi connectivity index (χ3v) is 6.91. The molecule has 1 aromatic carbocycles. The molecule has 4 rings (SSSR count). The molecular formula is C25H33N5OS. The first-order valence-electron chi connectivity index (χ1n) is 11.4. The average Bonchev–Trinajstić information content (AvgIpc) is 3.20. The van der Waals surface area contributed by atoms with Crippen LogP contribution in [0.15, 0.2) is 30.5 Å². The first kappa shape index (κ1) is 22.8. The summed E-state index contributed by atoms with van der Waals surface area (Å²) in [6.07, 6.45) is 1.76. The zero-order valence-electron chi connectivity index (χ0n) is 19.7. The van der Waals surface area contributed by atoms with Gasteiger partial charge < -0.3 is 5.32 Å². The summed E-state index contributed by atoms with van der Waals surface area (Å²) in [7, 11) is 0. The molecule has 1 N–H and O–H groups in total. The van der Waals surface area contributed by atoms with E-state index in [2.05, 4.69) is 61.2 Å². The van der Waals surface area contributed by atoms with Gasteiger partial charge >= 0.3 is 0 Å². The van der Waals surface area contributed by atoms with Crippen LogP contribution >= 0.6 is 11.8 Å². The SMILES string of the molecule is Cc1ccc(CN2CCSCC2)cc1NC(=O)c1cc(C(C)C)nc2c1cnn2C(C)C. The maximum atomic E-state index is 13.4. The van der Waals surface area contributed by atoms with Crippen LogP contribution in [0.3, 0.4) is 0 Å². The van der Waals surface area contributed by atoms with Gasteiger partial charge in [-0.3, -0.25) is 9.69 Å². The van der Waals surface area contributed by atoms with Crippen LogP contribution in [0, 0.1) is 6.92 Å². The van der Waals surface area contributed by atoms with E-state index in [4.69, 9.17) is 4.98 Å². The van der Waals surface area contributed by atoms with Crippen molar-refractivity contribution in [3.63, 3.8) is 0 Å². The molecule has 0 radical (unpaired) electrons. The summed E-state index contributed by atoms with van der Waals surface area (Å²) < 4.78 is 1.89. The summed E-state index contributed by atoms with van der Waals surface area (Å²) in [6, 6.07) is 8.47. The Bertz CT molecular complexity index is 1110. The van der Waals surface area contributed by atoms with Gasteiger partial charge in [0.05, 0.1) is 17.1 Å². The van der Waals surface area contributed by atoms with E-state index in [0.29, 0.717) is 5.56 Å². The maximum Gasteiger partial charge on any atom is 0.256 e. The number of fused-ring (bicyclic) bond motifs is 1.